The number of nitrogens with zero attached hydrogens (tertiary/aromatic N) is 1. The lowest BCUT2D eigenvalue weighted by molar-refractivity contribution is 0.375. The first-order chi connectivity index (χ1) is 9.06. The zero-order chi connectivity index (χ0) is 14.0. The second-order valence-corrected chi connectivity index (χ2v) is 5.80. The summed E-state index contributed by atoms with van der Waals surface area (Å²) in [6.45, 7) is 5.79. The van der Waals surface area contributed by atoms with Gasteiger partial charge in [0, 0.05) is 31.2 Å². The maximum absolute atomic E-state index is 14.0. The van der Waals surface area contributed by atoms with Crippen molar-refractivity contribution in [2.75, 3.05) is 18.0 Å². The van der Waals surface area contributed by atoms with Crippen LogP contribution < -0.4 is 10.2 Å². The summed E-state index contributed by atoms with van der Waals surface area (Å²) in [5.74, 6) is -1.05. The average Bonchev–Trinajstić information content (AvgIpc) is 2.42. The van der Waals surface area contributed by atoms with Crippen molar-refractivity contribution in [1.82, 2.24) is 5.32 Å². The number of nitrogens with one attached hydrogen (secondary N) is 1. The van der Waals surface area contributed by atoms with E-state index in [0.717, 1.165) is 32.0 Å². The highest BCUT2D eigenvalue weighted by Crippen LogP contribution is 2.30. The van der Waals surface area contributed by atoms with Gasteiger partial charge in [0.15, 0.2) is 0 Å². The van der Waals surface area contributed by atoms with Gasteiger partial charge >= 0.3 is 0 Å². The van der Waals surface area contributed by atoms with Gasteiger partial charge < -0.3 is 10.2 Å². The maximum Gasteiger partial charge on any atom is 0.149 e. The topological polar surface area (TPSA) is 15.3 Å². The van der Waals surface area contributed by atoms with Gasteiger partial charge in [-0.25, -0.2) is 8.78 Å². The Morgan fingerprint density at radius 3 is 2.63 bits per heavy atom. The summed E-state index contributed by atoms with van der Waals surface area (Å²) >= 11 is 3.14. The van der Waals surface area contributed by atoms with Gasteiger partial charge in [0.1, 0.15) is 11.6 Å². The summed E-state index contributed by atoms with van der Waals surface area (Å²) in [6.07, 6.45) is 1.93. The van der Waals surface area contributed by atoms with Crippen LogP contribution in [0, 0.1) is 11.6 Å². The molecule has 1 saturated heterocycles. The van der Waals surface area contributed by atoms with Crippen LogP contribution in [0.5, 0.6) is 0 Å². The molecule has 5 heteroatoms. The fourth-order valence-corrected chi connectivity index (χ4v) is 2.86. The Bertz CT molecular complexity index is 453. The number of hydrogen-bond acceptors (Lipinski definition) is 2. The van der Waals surface area contributed by atoms with E-state index in [0.29, 0.717) is 16.2 Å². The van der Waals surface area contributed by atoms with Crippen LogP contribution >= 0.6 is 15.9 Å². The fourth-order valence-electron chi connectivity index (χ4n) is 2.53. The molecule has 1 aromatic rings. The van der Waals surface area contributed by atoms with Gasteiger partial charge in [-0.3, -0.25) is 0 Å². The van der Waals surface area contributed by atoms with Crippen LogP contribution in [-0.4, -0.2) is 25.2 Å². The molecule has 0 aromatic heterocycles. The summed E-state index contributed by atoms with van der Waals surface area (Å²) in [4.78, 5) is 2.06. The number of rotatable bonds is 3. The molecule has 1 heterocycles. The maximum atomic E-state index is 14.0. The molecule has 0 aliphatic carbocycles. The third-order valence-electron chi connectivity index (χ3n) is 3.76. The van der Waals surface area contributed by atoms with Crippen molar-refractivity contribution in [2.24, 2.45) is 0 Å². The van der Waals surface area contributed by atoms with Gasteiger partial charge in [0.05, 0.1) is 10.2 Å². The van der Waals surface area contributed by atoms with Crippen LogP contribution in [0.1, 0.15) is 26.7 Å². The largest absolute Gasteiger partial charge is 0.363 e. The van der Waals surface area contributed by atoms with Crippen molar-refractivity contribution in [1.29, 1.82) is 0 Å². The summed E-state index contributed by atoms with van der Waals surface area (Å²) < 4.78 is 27.7. The highest BCUT2D eigenvalue weighted by molar-refractivity contribution is 9.10. The summed E-state index contributed by atoms with van der Waals surface area (Å²) in [5, 5.41) is 3.47. The molecule has 2 nitrogen and oxygen atoms in total. The molecule has 1 aromatic carbocycles. The van der Waals surface area contributed by atoms with E-state index in [-0.39, 0.29) is 6.04 Å². The first-order valence-electron chi connectivity index (χ1n) is 6.71. The van der Waals surface area contributed by atoms with Gasteiger partial charge in [-0.1, -0.05) is 13.8 Å². The zero-order valence-corrected chi connectivity index (χ0v) is 12.8. The Balaban J connectivity index is 2.33. The number of benzene rings is 1. The highest BCUT2D eigenvalue weighted by atomic mass is 79.9. The fraction of sp³-hybridized carbons (Fsp3) is 0.571. The second kappa shape index (κ2) is 6.18. The molecule has 2 unspecified atom stereocenters. The molecule has 0 radical (unpaired) electrons. The van der Waals surface area contributed by atoms with E-state index in [1.165, 1.54) is 0 Å². The van der Waals surface area contributed by atoms with E-state index in [2.05, 4.69) is 40.0 Å². The monoisotopic (exact) mass is 332 g/mol. The summed E-state index contributed by atoms with van der Waals surface area (Å²) in [6, 6.07) is 3.10. The van der Waals surface area contributed by atoms with Crippen molar-refractivity contribution in [2.45, 2.75) is 38.8 Å². The van der Waals surface area contributed by atoms with Gasteiger partial charge in [-0.15, -0.1) is 0 Å². The van der Waals surface area contributed by atoms with Gasteiger partial charge in [-0.2, -0.15) is 0 Å². The molecule has 2 atom stereocenters. The number of piperazine rings is 1. The lowest BCUT2D eigenvalue weighted by Crippen LogP contribution is -2.56. The van der Waals surface area contributed by atoms with Crippen molar-refractivity contribution in [3.63, 3.8) is 0 Å². The molecule has 0 bridgehead atoms. The van der Waals surface area contributed by atoms with Crippen molar-refractivity contribution in [3.05, 3.63) is 28.2 Å². The van der Waals surface area contributed by atoms with Crippen molar-refractivity contribution < 1.29 is 8.78 Å². The molecular weight excluding hydrogens is 314 g/mol. The average molecular weight is 333 g/mol. The Morgan fingerprint density at radius 2 is 2.00 bits per heavy atom. The van der Waals surface area contributed by atoms with E-state index < -0.39 is 11.6 Å². The lowest BCUT2D eigenvalue weighted by atomic mass is 10.0. The minimum atomic E-state index is -0.559. The summed E-state index contributed by atoms with van der Waals surface area (Å²) in [7, 11) is 0. The minimum absolute atomic E-state index is 0.245. The Kier molecular flexibility index (Phi) is 4.79. The third kappa shape index (κ3) is 3.08. The van der Waals surface area contributed by atoms with Crippen LogP contribution in [0.25, 0.3) is 0 Å². The predicted octanol–water partition coefficient (Wildman–Crippen LogP) is 3.69. The molecule has 0 amide bonds. The van der Waals surface area contributed by atoms with E-state index in [4.69, 9.17) is 0 Å². The Hall–Kier alpha value is -0.680. The van der Waals surface area contributed by atoms with Gasteiger partial charge in [-0.05, 0) is 34.8 Å². The van der Waals surface area contributed by atoms with Crippen LogP contribution in [0.2, 0.25) is 0 Å². The normalized spacial score (nSPS) is 23.7. The molecule has 0 saturated carbocycles. The zero-order valence-electron chi connectivity index (χ0n) is 11.2. The van der Waals surface area contributed by atoms with Crippen LogP contribution in [0.15, 0.2) is 16.6 Å². The van der Waals surface area contributed by atoms with E-state index >= 15 is 0 Å². The van der Waals surface area contributed by atoms with Crippen LogP contribution in [-0.2, 0) is 0 Å². The van der Waals surface area contributed by atoms with Crippen LogP contribution in [0.3, 0.4) is 0 Å². The van der Waals surface area contributed by atoms with E-state index in [9.17, 15) is 8.78 Å². The molecule has 1 fully saturated rings. The van der Waals surface area contributed by atoms with Crippen LogP contribution in [0.4, 0.5) is 14.5 Å². The molecular formula is C14H19BrF2N2. The second-order valence-electron chi connectivity index (χ2n) is 4.95. The molecule has 1 N–H and O–H groups in total. The smallest absolute Gasteiger partial charge is 0.149 e. The molecule has 106 valence electrons. The first-order valence-corrected chi connectivity index (χ1v) is 7.50. The van der Waals surface area contributed by atoms with Gasteiger partial charge in [0.2, 0.25) is 0 Å². The Labute approximate surface area is 121 Å². The summed E-state index contributed by atoms with van der Waals surface area (Å²) in [5.41, 5.74) is 0.486. The quantitative estimate of drug-likeness (QED) is 0.849. The van der Waals surface area contributed by atoms with Crippen molar-refractivity contribution >= 4 is 21.6 Å². The van der Waals surface area contributed by atoms with Crippen molar-refractivity contribution in [3.8, 4) is 0 Å². The first kappa shape index (κ1) is 14.7. The highest BCUT2D eigenvalue weighted by Gasteiger charge is 2.28. The minimum Gasteiger partial charge on any atom is -0.363 e. The predicted molar refractivity (Wildman–Crippen MR) is 77.6 cm³/mol. The van der Waals surface area contributed by atoms with Gasteiger partial charge in [0.25, 0.3) is 0 Å². The molecule has 1 aliphatic rings. The SMILES string of the molecule is CCC1CN(c2cc(Br)c(F)cc2F)C(CC)CN1. The number of anilines is 1. The molecule has 0 spiro atoms. The molecule has 1 aliphatic heterocycles. The number of halogens is 3. The third-order valence-corrected chi connectivity index (χ3v) is 4.37. The standard InChI is InChI=1S/C14H19BrF2N2/c1-3-9-8-19(10(4-2)7-18-9)14-5-11(15)12(16)6-13(14)17/h5-6,9-10,18H,3-4,7-8H2,1-2H3. The Morgan fingerprint density at radius 1 is 1.26 bits per heavy atom. The molecule has 19 heavy (non-hydrogen) atoms. The number of hydrogen-bond donors (Lipinski definition) is 1. The lowest BCUT2D eigenvalue weighted by Gasteiger charge is -2.41. The molecule has 2 rings (SSSR count). The van der Waals surface area contributed by atoms with E-state index in [1.54, 1.807) is 6.07 Å². The van der Waals surface area contributed by atoms with E-state index in [1.807, 2.05) is 0 Å².